The predicted octanol–water partition coefficient (Wildman–Crippen LogP) is 0.734. The summed E-state index contributed by atoms with van der Waals surface area (Å²) < 4.78 is 5.47. The van der Waals surface area contributed by atoms with Crippen molar-refractivity contribution in [3.8, 4) is 0 Å². The van der Waals surface area contributed by atoms with Crippen molar-refractivity contribution in [3.63, 3.8) is 0 Å². The summed E-state index contributed by atoms with van der Waals surface area (Å²) in [6.07, 6.45) is 4.06. The summed E-state index contributed by atoms with van der Waals surface area (Å²) in [5.41, 5.74) is 0. The lowest BCUT2D eigenvalue weighted by Crippen LogP contribution is -2.39. The highest BCUT2D eigenvalue weighted by Gasteiger charge is 2.26. The number of morpholine rings is 1. The number of rotatable bonds is 4. The standard InChI is InChI=1S/C10H17NO2/c12-9(5-8-1-2-8)6-10-7-11-3-4-13-10/h8,10-11H,1-7H2. The SMILES string of the molecule is O=C(CC1CC1)CC1CNCCO1. The van der Waals surface area contributed by atoms with Gasteiger partial charge in [-0.1, -0.05) is 0 Å². The fourth-order valence-electron chi connectivity index (χ4n) is 1.73. The normalized spacial score (nSPS) is 28.8. The van der Waals surface area contributed by atoms with Gasteiger partial charge in [-0.3, -0.25) is 4.79 Å². The van der Waals surface area contributed by atoms with Crippen LogP contribution in [0, 0.1) is 5.92 Å². The molecule has 3 heteroatoms. The number of hydrogen-bond acceptors (Lipinski definition) is 3. The van der Waals surface area contributed by atoms with Crippen LogP contribution in [0.4, 0.5) is 0 Å². The Bertz CT molecular complexity index is 183. The highest BCUT2D eigenvalue weighted by atomic mass is 16.5. The van der Waals surface area contributed by atoms with Gasteiger partial charge in [0.1, 0.15) is 5.78 Å². The Kier molecular flexibility index (Phi) is 2.96. The molecule has 0 aromatic heterocycles. The third-order valence-corrected chi connectivity index (χ3v) is 2.67. The van der Waals surface area contributed by atoms with E-state index in [4.69, 9.17) is 4.74 Å². The Morgan fingerprint density at radius 3 is 2.85 bits per heavy atom. The van der Waals surface area contributed by atoms with E-state index in [-0.39, 0.29) is 6.10 Å². The molecule has 0 bridgehead atoms. The molecular weight excluding hydrogens is 166 g/mol. The molecule has 0 aromatic carbocycles. The highest BCUT2D eigenvalue weighted by Crippen LogP contribution is 2.33. The maximum Gasteiger partial charge on any atom is 0.135 e. The fourth-order valence-corrected chi connectivity index (χ4v) is 1.73. The first kappa shape index (κ1) is 9.16. The predicted molar refractivity (Wildman–Crippen MR) is 49.6 cm³/mol. The molecule has 1 N–H and O–H groups in total. The van der Waals surface area contributed by atoms with Crippen LogP contribution < -0.4 is 5.32 Å². The molecular formula is C10H17NO2. The fraction of sp³-hybridized carbons (Fsp3) is 0.900. The summed E-state index contributed by atoms with van der Waals surface area (Å²) in [6, 6.07) is 0. The number of carbonyl (C=O) groups is 1. The Balaban J connectivity index is 1.66. The lowest BCUT2D eigenvalue weighted by Gasteiger charge is -2.22. The molecule has 0 spiro atoms. The zero-order chi connectivity index (χ0) is 9.10. The molecule has 74 valence electrons. The summed E-state index contributed by atoms with van der Waals surface area (Å²) in [5.74, 6) is 1.10. The molecule has 1 aliphatic heterocycles. The summed E-state index contributed by atoms with van der Waals surface area (Å²) in [7, 11) is 0. The van der Waals surface area contributed by atoms with Gasteiger partial charge in [0.05, 0.1) is 12.7 Å². The van der Waals surface area contributed by atoms with E-state index in [2.05, 4.69) is 5.32 Å². The molecule has 1 heterocycles. The van der Waals surface area contributed by atoms with Gasteiger partial charge in [-0.25, -0.2) is 0 Å². The molecule has 1 aliphatic carbocycles. The van der Waals surface area contributed by atoms with E-state index in [1.54, 1.807) is 0 Å². The van der Waals surface area contributed by atoms with E-state index in [0.717, 1.165) is 26.1 Å². The molecule has 2 rings (SSSR count). The number of carbonyl (C=O) groups excluding carboxylic acids is 1. The number of ketones is 1. The quantitative estimate of drug-likeness (QED) is 0.698. The van der Waals surface area contributed by atoms with Gasteiger partial charge in [0.2, 0.25) is 0 Å². The molecule has 13 heavy (non-hydrogen) atoms. The second-order valence-corrected chi connectivity index (χ2v) is 4.09. The van der Waals surface area contributed by atoms with Crippen molar-refractivity contribution in [3.05, 3.63) is 0 Å². The third kappa shape index (κ3) is 3.08. The number of ether oxygens (including phenoxy) is 1. The van der Waals surface area contributed by atoms with E-state index in [1.165, 1.54) is 12.8 Å². The van der Waals surface area contributed by atoms with Crippen molar-refractivity contribution in [1.82, 2.24) is 5.32 Å². The molecule has 0 amide bonds. The van der Waals surface area contributed by atoms with Crippen LogP contribution in [0.5, 0.6) is 0 Å². The molecule has 2 aliphatic rings. The van der Waals surface area contributed by atoms with Crippen molar-refractivity contribution in [2.45, 2.75) is 31.8 Å². The van der Waals surface area contributed by atoms with Crippen LogP contribution in [0.2, 0.25) is 0 Å². The monoisotopic (exact) mass is 183 g/mol. The maximum atomic E-state index is 11.5. The van der Waals surface area contributed by atoms with Crippen molar-refractivity contribution >= 4 is 5.78 Å². The number of hydrogen-bond donors (Lipinski definition) is 1. The second-order valence-electron chi connectivity index (χ2n) is 4.09. The zero-order valence-corrected chi connectivity index (χ0v) is 7.92. The Morgan fingerprint density at radius 1 is 1.38 bits per heavy atom. The van der Waals surface area contributed by atoms with Gasteiger partial charge in [0.15, 0.2) is 0 Å². The first-order valence-corrected chi connectivity index (χ1v) is 5.18. The van der Waals surface area contributed by atoms with E-state index in [1.807, 2.05) is 0 Å². The molecule has 3 nitrogen and oxygen atoms in total. The van der Waals surface area contributed by atoms with Gasteiger partial charge in [-0.05, 0) is 18.8 Å². The summed E-state index contributed by atoms with van der Waals surface area (Å²) in [4.78, 5) is 11.5. The van der Waals surface area contributed by atoms with Crippen molar-refractivity contribution in [2.75, 3.05) is 19.7 Å². The van der Waals surface area contributed by atoms with Gasteiger partial charge in [0, 0.05) is 25.9 Å². The summed E-state index contributed by atoms with van der Waals surface area (Å²) >= 11 is 0. The maximum absolute atomic E-state index is 11.5. The average Bonchev–Trinajstić information content (AvgIpc) is 2.90. The molecule has 0 radical (unpaired) electrons. The summed E-state index contributed by atoms with van der Waals surface area (Å²) in [6.45, 7) is 2.52. The van der Waals surface area contributed by atoms with Crippen LogP contribution in [-0.2, 0) is 9.53 Å². The third-order valence-electron chi connectivity index (χ3n) is 2.67. The smallest absolute Gasteiger partial charge is 0.135 e. The Morgan fingerprint density at radius 2 is 2.23 bits per heavy atom. The second kappa shape index (κ2) is 4.20. The lowest BCUT2D eigenvalue weighted by atomic mass is 10.1. The van der Waals surface area contributed by atoms with Crippen LogP contribution in [0.3, 0.4) is 0 Å². The number of nitrogens with one attached hydrogen (secondary N) is 1. The van der Waals surface area contributed by atoms with Crippen molar-refractivity contribution in [2.24, 2.45) is 5.92 Å². The molecule has 1 saturated heterocycles. The van der Waals surface area contributed by atoms with Crippen LogP contribution in [0.1, 0.15) is 25.7 Å². The minimum absolute atomic E-state index is 0.139. The van der Waals surface area contributed by atoms with Crippen LogP contribution in [0.15, 0.2) is 0 Å². The van der Waals surface area contributed by atoms with Gasteiger partial charge in [-0.2, -0.15) is 0 Å². The first-order chi connectivity index (χ1) is 6.34. The largest absolute Gasteiger partial charge is 0.375 e. The number of Topliss-reactive ketones (excluding diaryl/α,β-unsaturated/α-hetero) is 1. The topological polar surface area (TPSA) is 38.3 Å². The van der Waals surface area contributed by atoms with E-state index in [0.29, 0.717) is 18.1 Å². The van der Waals surface area contributed by atoms with E-state index >= 15 is 0 Å². The molecule has 1 unspecified atom stereocenters. The van der Waals surface area contributed by atoms with Gasteiger partial charge >= 0.3 is 0 Å². The Labute approximate surface area is 78.8 Å². The van der Waals surface area contributed by atoms with Crippen LogP contribution >= 0.6 is 0 Å². The molecule has 1 saturated carbocycles. The minimum Gasteiger partial charge on any atom is -0.375 e. The van der Waals surface area contributed by atoms with Crippen LogP contribution in [0.25, 0.3) is 0 Å². The Hall–Kier alpha value is -0.410. The van der Waals surface area contributed by atoms with Crippen molar-refractivity contribution < 1.29 is 9.53 Å². The molecule has 0 aromatic rings. The zero-order valence-electron chi connectivity index (χ0n) is 7.92. The minimum atomic E-state index is 0.139. The van der Waals surface area contributed by atoms with Gasteiger partial charge in [0.25, 0.3) is 0 Å². The molecule has 1 atom stereocenters. The first-order valence-electron chi connectivity index (χ1n) is 5.18. The van der Waals surface area contributed by atoms with Crippen LogP contribution in [-0.4, -0.2) is 31.6 Å². The lowest BCUT2D eigenvalue weighted by molar-refractivity contribution is -0.122. The highest BCUT2D eigenvalue weighted by molar-refractivity contribution is 5.79. The summed E-state index contributed by atoms with van der Waals surface area (Å²) in [5, 5.41) is 3.23. The van der Waals surface area contributed by atoms with E-state index < -0.39 is 0 Å². The average molecular weight is 183 g/mol. The van der Waals surface area contributed by atoms with Crippen molar-refractivity contribution in [1.29, 1.82) is 0 Å². The molecule has 2 fully saturated rings. The van der Waals surface area contributed by atoms with Gasteiger partial charge in [-0.15, -0.1) is 0 Å². The van der Waals surface area contributed by atoms with E-state index in [9.17, 15) is 4.79 Å². The van der Waals surface area contributed by atoms with Gasteiger partial charge < -0.3 is 10.1 Å².